The summed E-state index contributed by atoms with van der Waals surface area (Å²) < 4.78 is 0. The topological polar surface area (TPSA) is 148 Å². The van der Waals surface area contributed by atoms with Gasteiger partial charge >= 0.3 is 5.69 Å². The van der Waals surface area contributed by atoms with Gasteiger partial charge in [0.25, 0.3) is 0 Å². The fraction of sp³-hybridized carbons (Fsp3) is 0.500. The van der Waals surface area contributed by atoms with E-state index >= 15 is 0 Å². The number of piperidine rings is 1. The summed E-state index contributed by atoms with van der Waals surface area (Å²) >= 11 is 0. The van der Waals surface area contributed by atoms with E-state index in [1.807, 2.05) is 0 Å². The van der Waals surface area contributed by atoms with Gasteiger partial charge in [-0.15, -0.1) is 0 Å². The van der Waals surface area contributed by atoms with Crippen molar-refractivity contribution in [1.82, 2.24) is 15.3 Å². The molecule has 2 rings (SSSR count). The maximum Gasteiger partial charge on any atom is 0.332 e. The molecule has 1 aromatic heterocycles. The van der Waals surface area contributed by atoms with Crippen LogP contribution in [-0.4, -0.2) is 33.4 Å². The fourth-order valence-electron chi connectivity index (χ4n) is 2.03. The monoisotopic (exact) mass is 281 g/mol. The third-order valence-corrected chi connectivity index (χ3v) is 2.97. The summed E-state index contributed by atoms with van der Waals surface area (Å²) in [6, 6.07) is -0.553. The molecule has 2 heterocycles. The van der Waals surface area contributed by atoms with Crippen LogP contribution in [0, 0.1) is 17.0 Å². The van der Waals surface area contributed by atoms with Crippen molar-refractivity contribution in [2.24, 2.45) is 5.84 Å². The maximum absolute atomic E-state index is 11.7. The first-order valence-corrected chi connectivity index (χ1v) is 6.07. The van der Waals surface area contributed by atoms with Crippen molar-refractivity contribution in [3.05, 3.63) is 15.8 Å². The van der Waals surface area contributed by atoms with Gasteiger partial charge in [-0.1, -0.05) is 0 Å². The van der Waals surface area contributed by atoms with Crippen LogP contribution in [0.25, 0.3) is 0 Å². The highest BCUT2D eigenvalue weighted by Gasteiger charge is 2.28. The van der Waals surface area contributed by atoms with Crippen LogP contribution in [0.3, 0.4) is 0 Å². The summed E-state index contributed by atoms with van der Waals surface area (Å²) in [5.74, 6) is 5.05. The van der Waals surface area contributed by atoms with Gasteiger partial charge in [-0.3, -0.25) is 20.3 Å². The van der Waals surface area contributed by atoms with Crippen molar-refractivity contribution < 1.29 is 9.72 Å². The zero-order valence-corrected chi connectivity index (χ0v) is 10.8. The Bertz CT molecular complexity index is 548. The minimum Gasteiger partial charge on any atom is -0.354 e. The Morgan fingerprint density at radius 1 is 1.50 bits per heavy atom. The standard InChI is InChI=1S/C10H15N7O3/c1-5-7(17(19)20)8(15-10(13-5)16-11)14-6-3-2-4-12-9(6)18/h6H,2-4,11H2,1H3,(H,12,18)(H2,13,14,15,16). The van der Waals surface area contributed by atoms with Gasteiger partial charge in [0.15, 0.2) is 0 Å². The molecule has 0 bridgehead atoms. The number of anilines is 2. The molecule has 0 spiro atoms. The van der Waals surface area contributed by atoms with Gasteiger partial charge in [-0.2, -0.15) is 4.98 Å². The van der Waals surface area contributed by atoms with Crippen LogP contribution in [0.1, 0.15) is 18.5 Å². The number of hydrogen-bond donors (Lipinski definition) is 4. The van der Waals surface area contributed by atoms with Crippen LogP contribution in [0.15, 0.2) is 0 Å². The van der Waals surface area contributed by atoms with E-state index in [0.717, 1.165) is 6.42 Å². The fourth-order valence-corrected chi connectivity index (χ4v) is 2.03. The summed E-state index contributed by atoms with van der Waals surface area (Å²) in [6.07, 6.45) is 1.38. The molecular weight excluding hydrogens is 266 g/mol. The molecule has 20 heavy (non-hydrogen) atoms. The number of aromatic nitrogens is 2. The molecule has 10 nitrogen and oxygen atoms in total. The van der Waals surface area contributed by atoms with Gasteiger partial charge in [0.2, 0.25) is 17.7 Å². The molecule has 0 aromatic carbocycles. The number of nitro groups is 1. The largest absolute Gasteiger partial charge is 0.354 e. The normalized spacial score (nSPS) is 18.3. The number of nitrogens with one attached hydrogen (secondary N) is 3. The number of carbonyl (C=O) groups excluding carboxylic acids is 1. The molecular formula is C10H15N7O3. The summed E-state index contributed by atoms with van der Waals surface area (Å²) in [5.41, 5.74) is 2.14. The Morgan fingerprint density at radius 2 is 2.25 bits per heavy atom. The van der Waals surface area contributed by atoms with Gasteiger partial charge in [-0.05, 0) is 19.8 Å². The maximum atomic E-state index is 11.7. The number of aryl methyl sites for hydroxylation is 1. The summed E-state index contributed by atoms with van der Waals surface area (Å²) in [5, 5.41) is 16.6. The molecule has 1 amide bonds. The predicted molar refractivity (Wildman–Crippen MR) is 70.9 cm³/mol. The molecule has 1 saturated heterocycles. The van der Waals surface area contributed by atoms with E-state index in [1.165, 1.54) is 6.92 Å². The third kappa shape index (κ3) is 2.74. The van der Waals surface area contributed by atoms with Gasteiger partial charge in [-0.25, -0.2) is 10.8 Å². The highest BCUT2D eigenvalue weighted by atomic mass is 16.6. The van der Waals surface area contributed by atoms with Gasteiger partial charge < -0.3 is 10.6 Å². The van der Waals surface area contributed by atoms with Crippen LogP contribution >= 0.6 is 0 Å². The molecule has 0 radical (unpaired) electrons. The first-order valence-electron chi connectivity index (χ1n) is 6.07. The van der Waals surface area contributed by atoms with E-state index in [-0.39, 0.29) is 29.1 Å². The second-order valence-electron chi connectivity index (χ2n) is 4.36. The number of nitrogens with two attached hydrogens (primary N) is 1. The van der Waals surface area contributed by atoms with E-state index in [4.69, 9.17) is 5.84 Å². The second-order valence-corrected chi connectivity index (χ2v) is 4.36. The van der Waals surface area contributed by atoms with E-state index in [0.29, 0.717) is 13.0 Å². The van der Waals surface area contributed by atoms with Crippen molar-refractivity contribution >= 4 is 23.4 Å². The summed E-state index contributed by atoms with van der Waals surface area (Å²) in [7, 11) is 0. The lowest BCUT2D eigenvalue weighted by Gasteiger charge is -2.23. The molecule has 1 unspecified atom stereocenters. The average Bonchev–Trinajstić information content (AvgIpc) is 2.40. The smallest absolute Gasteiger partial charge is 0.332 e. The van der Waals surface area contributed by atoms with Crippen molar-refractivity contribution in [1.29, 1.82) is 0 Å². The Hall–Kier alpha value is -2.49. The molecule has 1 aliphatic rings. The Kier molecular flexibility index (Phi) is 3.94. The number of rotatable bonds is 4. The lowest BCUT2D eigenvalue weighted by atomic mass is 10.1. The van der Waals surface area contributed by atoms with Crippen molar-refractivity contribution in [2.45, 2.75) is 25.8 Å². The minimum atomic E-state index is -0.585. The van der Waals surface area contributed by atoms with Crippen LogP contribution in [0.5, 0.6) is 0 Å². The number of amides is 1. The van der Waals surface area contributed by atoms with Gasteiger partial charge in [0.1, 0.15) is 11.7 Å². The number of carbonyl (C=O) groups is 1. The highest BCUT2D eigenvalue weighted by molar-refractivity contribution is 5.85. The van der Waals surface area contributed by atoms with Gasteiger partial charge in [0.05, 0.1) is 4.92 Å². The van der Waals surface area contributed by atoms with E-state index < -0.39 is 11.0 Å². The Labute approximate surface area is 114 Å². The van der Waals surface area contributed by atoms with Crippen molar-refractivity contribution in [3.63, 3.8) is 0 Å². The lowest BCUT2D eigenvalue weighted by molar-refractivity contribution is -0.385. The lowest BCUT2D eigenvalue weighted by Crippen LogP contribution is -2.44. The molecule has 0 saturated carbocycles. The zero-order valence-electron chi connectivity index (χ0n) is 10.8. The van der Waals surface area contributed by atoms with Crippen LogP contribution in [0.2, 0.25) is 0 Å². The van der Waals surface area contributed by atoms with Crippen molar-refractivity contribution in [2.75, 3.05) is 17.3 Å². The second kappa shape index (κ2) is 5.65. The number of nitrogen functional groups attached to an aromatic ring is 1. The molecule has 0 aliphatic carbocycles. The molecule has 10 heteroatoms. The summed E-state index contributed by atoms with van der Waals surface area (Å²) in [4.78, 5) is 30.0. The van der Waals surface area contributed by atoms with Gasteiger partial charge in [0, 0.05) is 6.54 Å². The van der Waals surface area contributed by atoms with Crippen LogP contribution < -0.4 is 21.9 Å². The molecule has 5 N–H and O–H groups in total. The van der Waals surface area contributed by atoms with E-state index in [2.05, 4.69) is 26.0 Å². The Morgan fingerprint density at radius 3 is 2.85 bits per heavy atom. The predicted octanol–water partition coefficient (Wildman–Crippen LogP) is -0.331. The summed E-state index contributed by atoms with van der Waals surface area (Å²) in [6.45, 7) is 2.09. The van der Waals surface area contributed by atoms with Crippen LogP contribution in [0.4, 0.5) is 17.5 Å². The molecule has 108 valence electrons. The molecule has 1 fully saturated rings. The van der Waals surface area contributed by atoms with Crippen molar-refractivity contribution in [3.8, 4) is 0 Å². The first kappa shape index (κ1) is 13.9. The highest BCUT2D eigenvalue weighted by Crippen LogP contribution is 2.27. The number of nitrogens with zero attached hydrogens (tertiary/aromatic N) is 3. The number of hydrogen-bond acceptors (Lipinski definition) is 8. The molecule has 1 atom stereocenters. The van der Waals surface area contributed by atoms with E-state index in [1.54, 1.807) is 0 Å². The molecule has 1 aromatic rings. The zero-order chi connectivity index (χ0) is 14.7. The van der Waals surface area contributed by atoms with E-state index in [9.17, 15) is 14.9 Å². The SMILES string of the molecule is Cc1nc(NN)nc(NC2CCCNC2=O)c1[N+](=O)[O-]. The number of hydrazine groups is 1. The molecule has 1 aliphatic heterocycles. The van der Waals surface area contributed by atoms with Crippen LogP contribution in [-0.2, 0) is 4.79 Å². The Balaban J connectivity index is 2.35. The first-order chi connectivity index (χ1) is 9.52. The average molecular weight is 281 g/mol. The quantitative estimate of drug-likeness (QED) is 0.333. The minimum absolute atomic E-state index is 0.0162. The third-order valence-electron chi connectivity index (χ3n) is 2.97.